The molecule has 0 bridgehead atoms. The van der Waals surface area contributed by atoms with E-state index in [0.717, 1.165) is 26.2 Å². The first-order chi connectivity index (χ1) is 10.3. The molecule has 0 fully saturated rings. The predicted octanol–water partition coefficient (Wildman–Crippen LogP) is 3.52. The van der Waals surface area contributed by atoms with Crippen LogP contribution in [-0.2, 0) is 17.8 Å². The quantitative estimate of drug-likeness (QED) is 0.680. The number of nitrogens with one attached hydrogen (secondary N) is 1. The van der Waals surface area contributed by atoms with Gasteiger partial charge in [0.2, 0.25) is 0 Å². The fraction of sp³-hybridized carbons (Fsp3) is 0.529. The highest BCUT2D eigenvalue weighted by molar-refractivity contribution is 7.99. The van der Waals surface area contributed by atoms with E-state index < -0.39 is 0 Å². The second kappa shape index (κ2) is 9.13. The molecule has 0 spiro atoms. The van der Waals surface area contributed by atoms with Gasteiger partial charge in [-0.15, -0.1) is 0 Å². The Morgan fingerprint density at radius 1 is 1.29 bits per heavy atom. The van der Waals surface area contributed by atoms with E-state index in [2.05, 4.69) is 47.3 Å². The number of ether oxygens (including phenoxy) is 1. The van der Waals surface area contributed by atoms with E-state index in [0.29, 0.717) is 0 Å². The third kappa shape index (κ3) is 5.06. The molecule has 0 saturated carbocycles. The zero-order valence-electron chi connectivity index (χ0n) is 13.1. The fourth-order valence-electron chi connectivity index (χ4n) is 2.44. The molecule has 4 heteroatoms. The summed E-state index contributed by atoms with van der Waals surface area (Å²) in [6, 6.07) is 8.97. The van der Waals surface area contributed by atoms with Gasteiger partial charge in [-0.3, -0.25) is 0 Å². The van der Waals surface area contributed by atoms with E-state index >= 15 is 0 Å². The first-order valence-corrected chi connectivity index (χ1v) is 8.85. The van der Waals surface area contributed by atoms with Crippen LogP contribution in [0.4, 0.5) is 0 Å². The van der Waals surface area contributed by atoms with Gasteiger partial charge in [0.15, 0.2) is 0 Å². The summed E-state index contributed by atoms with van der Waals surface area (Å²) in [4.78, 5) is 0. The molecule has 3 nitrogen and oxygen atoms in total. The van der Waals surface area contributed by atoms with Crippen LogP contribution in [0, 0.1) is 0 Å². The van der Waals surface area contributed by atoms with Crippen LogP contribution in [0.5, 0.6) is 0 Å². The second-order valence-electron chi connectivity index (χ2n) is 5.12. The maximum absolute atomic E-state index is 5.04. The highest BCUT2D eigenvalue weighted by Gasteiger charge is 2.02. The number of aryl methyl sites for hydroxylation is 1. The van der Waals surface area contributed by atoms with Crippen molar-refractivity contribution in [1.82, 2.24) is 9.88 Å². The molecule has 1 aromatic carbocycles. The minimum atomic E-state index is 0.758. The molecule has 1 heterocycles. The third-order valence-corrected chi connectivity index (χ3v) is 4.52. The van der Waals surface area contributed by atoms with Gasteiger partial charge in [-0.1, -0.05) is 13.0 Å². The molecule has 0 aliphatic carbocycles. The van der Waals surface area contributed by atoms with Crippen molar-refractivity contribution in [2.24, 2.45) is 0 Å². The average Bonchev–Trinajstić information content (AvgIpc) is 2.91. The predicted molar refractivity (Wildman–Crippen MR) is 93.1 cm³/mol. The number of nitrogens with zero attached hydrogens (tertiary/aromatic N) is 1. The monoisotopic (exact) mass is 306 g/mol. The Kier molecular flexibility index (Phi) is 7.13. The summed E-state index contributed by atoms with van der Waals surface area (Å²) in [7, 11) is 1.73. The zero-order chi connectivity index (χ0) is 14.9. The van der Waals surface area contributed by atoms with E-state index in [9.17, 15) is 0 Å². The first kappa shape index (κ1) is 16.4. The van der Waals surface area contributed by atoms with Gasteiger partial charge in [-0.05, 0) is 47.1 Å². The van der Waals surface area contributed by atoms with Crippen LogP contribution >= 0.6 is 11.8 Å². The Balaban J connectivity index is 1.91. The van der Waals surface area contributed by atoms with Crippen molar-refractivity contribution in [3.05, 3.63) is 36.0 Å². The molecule has 2 rings (SSSR count). The van der Waals surface area contributed by atoms with Crippen molar-refractivity contribution in [3.63, 3.8) is 0 Å². The van der Waals surface area contributed by atoms with Crippen LogP contribution in [-0.4, -0.2) is 36.3 Å². The van der Waals surface area contributed by atoms with Crippen LogP contribution in [0.15, 0.2) is 30.5 Å². The highest BCUT2D eigenvalue weighted by Crippen LogP contribution is 2.18. The lowest BCUT2D eigenvalue weighted by atomic mass is 10.1. The Morgan fingerprint density at radius 3 is 3.00 bits per heavy atom. The van der Waals surface area contributed by atoms with Crippen molar-refractivity contribution in [3.8, 4) is 0 Å². The number of benzene rings is 1. The van der Waals surface area contributed by atoms with Crippen molar-refractivity contribution in [2.45, 2.75) is 26.4 Å². The summed E-state index contributed by atoms with van der Waals surface area (Å²) < 4.78 is 7.41. The largest absolute Gasteiger partial charge is 0.383 e. The Bertz CT molecular complexity index is 539. The van der Waals surface area contributed by atoms with E-state index in [-0.39, 0.29) is 0 Å². The maximum Gasteiger partial charge on any atom is 0.0587 e. The zero-order valence-corrected chi connectivity index (χ0v) is 13.9. The van der Waals surface area contributed by atoms with Gasteiger partial charge < -0.3 is 14.6 Å². The molecular weight excluding hydrogens is 280 g/mol. The molecule has 0 radical (unpaired) electrons. The summed E-state index contributed by atoms with van der Waals surface area (Å²) >= 11 is 2.02. The van der Waals surface area contributed by atoms with Crippen LogP contribution in [0.3, 0.4) is 0 Å². The van der Waals surface area contributed by atoms with E-state index in [1.807, 2.05) is 11.8 Å². The van der Waals surface area contributed by atoms with Gasteiger partial charge in [-0.25, -0.2) is 0 Å². The summed E-state index contributed by atoms with van der Waals surface area (Å²) in [5.74, 6) is 2.46. The minimum absolute atomic E-state index is 0.758. The highest BCUT2D eigenvalue weighted by atomic mass is 32.2. The molecule has 0 aliphatic heterocycles. The standard InChI is InChI=1S/C17H26N2OS/c1-3-21-12-4-9-19-10-7-16-13-15(5-6-17(16)19)14-18-8-11-20-2/h5-7,10,13,18H,3-4,8-9,11-12,14H2,1-2H3. The van der Waals surface area contributed by atoms with Crippen molar-refractivity contribution >= 4 is 22.7 Å². The van der Waals surface area contributed by atoms with E-state index in [1.165, 1.54) is 34.4 Å². The summed E-state index contributed by atoms with van der Waals surface area (Å²) in [6.45, 7) is 5.89. The first-order valence-electron chi connectivity index (χ1n) is 7.70. The number of aromatic nitrogens is 1. The number of methoxy groups -OCH3 is 1. The van der Waals surface area contributed by atoms with Crippen molar-refractivity contribution in [2.75, 3.05) is 31.8 Å². The Morgan fingerprint density at radius 2 is 2.19 bits per heavy atom. The lowest BCUT2D eigenvalue weighted by Gasteiger charge is -2.07. The number of hydrogen-bond donors (Lipinski definition) is 1. The summed E-state index contributed by atoms with van der Waals surface area (Å²) in [5, 5.41) is 4.73. The third-order valence-electron chi connectivity index (χ3n) is 3.54. The van der Waals surface area contributed by atoms with Gasteiger partial charge in [0.1, 0.15) is 0 Å². The second-order valence-corrected chi connectivity index (χ2v) is 6.52. The molecule has 116 valence electrons. The molecule has 2 aromatic rings. The molecule has 21 heavy (non-hydrogen) atoms. The smallest absolute Gasteiger partial charge is 0.0587 e. The topological polar surface area (TPSA) is 26.2 Å². The number of fused-ring (bicyclic) bond motifs is 1. The molecular formula is C17H26N2OS. The van der Waals surface area contributed by atoms with Gasteiger partial charge in [0, 0.05) is 38.5 Å². The van der Waals surface area contributed by atoms with Gasteiger partial charge >= 0.3 is 0 Å². The molecule has 1 N–H and O–H groups in total. The number of thioether (sulfide) groups is 1. The SMILES string of the molecule is CCSCCCn1ccc2cc(CNCCOC)ccc21. The summed E-state index contributed by atoms with van der Waals surface area (Å²) in [5.41, 5.74) is 2.68. The molecule has 0 saturated heterocycles. The van der Waals surface area contributed by atoms with Gasteiger partial charge in [-0.2, -0.15) is 11.8 Å². The van der Waals surface area contributed by atoms with Gasteiger partial charge in [0.25, 0.3) is 0 Å². The van der Waals surface area contributed by atoms with Crippen LogP contribution in [0.1, 0.15) is 18.9 Å². The maximum atomic E-state index is 5.04. The number of rotatable bonds is 10. The summed E-state index contributed by atoms with van der Waals surface area (Å²) in [6.07, 6.45) is 3.45. The molecule has 1 aromatic heterocycles. The van der Waals surface area contributed by atoms with Crippen molar-refractivity contribution in [1.29, 1.82) is 0 Å². The molecule has 0 atom stereocenters. The van der Waals surface area contributed by atoms with E-state index in [4.69, 9.17) is 4.74 Å². The fourth-order valence-corrected chi connectivity index (χ4v) is 3.06. The Labute approximate surface area is 132 Å². The average molecular weight is 306 g/mol. The number of hydrogen-bond acceptors (Lipinski definition) is 3. The Hall–Kier alpha value is -0.970. The van der Waals surface area contributed by atoms with Gasteiger partial charge in [0.05, 0.1) is 6.61 Å². The van der Waals surface area contributed by atoms with Crippen LogP contribution < -0.4 is 5.32 Å². The molecule has 0 unspecified atom stereocenters. The molecule has 0 amide bonds. The minimum Gasteiger partial charge on any atom is -0.383 e. The lowest BCUT2D eigenvalue weighted by Crippen LogP contribution is -2.18. The molecule has 0 aliphatic rings. The normalized spacial score (nSPS) is 11.3. The van der Waals surface area contributed by atoms with E-state index in [1.54, 1.807) is 7.11 Å². The van der Waals surface area contributed by atoms with Crippen LogP contribution in [0.25, 0.3) is 10.9 Å². The van der Waals surface area contributed by atoms with Crippen molar-refractivity contribution < 1.29 is 4.74 Å². The lowest BCUT2D eigenvalue weighted by molar-refractivity contribution is 0.199. The van der Waals surface area contributed by atoms with Crippen LogP contribution in [0.2, 0.25) is 0 Å².